The van der Waals surface area contributed by atoms with Crippen LogP contribution in [0.15, 0.2) is 48.8 Å². The average Bonchev–Trinajstić information content (AvgIpc) is 2.97. The average molecular weight is 608 g/mol. The molecular formula is C31H39ClN7O2P. The Kier molecular flexibility index (Phi) is 8.92. The van der Waals surface area contributed by atoms with Gasteiger partial charge in [0.2, 0.25) is 5.95 Å². The number of ether oxygens (including phenoxy) is 1. The van der Waals surface area contributed by atoms with Crippen LogP contribution in [-0.2, 0) is 11.0 Å². The quantitative estimate of drug-likeness (QED) is 0.206. The minimum Gasteiger partial charge on any atom is -0.494 e. The van der Waals surface area contributed by atoms with Gasteiger partial charge in [0.15, 0.2) is 5.82 Å². The van der Waals surface area contributed by atoms with Gasteiger partial charge in [-0.05, 0) is 64.4 Å². The molecule has 222 valence electrons. The van der Waals surface area contributed by atoms with E-state index in [9.17, 15) is 4.57 Å². The van der Waals surface area contributed by atoms with E-state index in [1.165, 1.54) is 11.3 Å². The summed E-state index contributed by atoms with van der Waals surface area (Å²) in [6.45, 7) is 7.68. The number of halogens is 1. The van der Waals surface area contributed by atoms with E-state index in [0.717, 1.165) is 48.9 Å². The van der Waals surface area contributed by atoms with Crippen LogP contribution in [0.25, 0.3) is 10.9 Å². The highest BCUT2D eigenvalue weighted by molar-refractivity contribution is 7.71. The van der Waals surface area contributed by atoms with Crippen molar-refractivity contribution in [3.05, 3.63) is 59.4 Å². The molecule has 0 radical (unpaired) electrons. The lowest BCUT2D eigenvalue weighted by molar-refractivity contribution is 0.249. The molecule has 2 N–H and O–H groups in total. The molecule has 0 atom stereocenters. The molecule has 1 aliphatic heterocycles. The van der Waals surface area contributed by atoms with E-state index >= 15 is 0 Å². The second-order valence-electron chi connectivity index (χ2n) is 11.2. The van der Waals surface area contributed by atoms with Crippen molar-refractivity contribution >= 4 is 63.8 Å². The predicted octanol–water partition coefficient (Wildman–Crippen LogP) is 6.51. The smallest absolute Gasteiger partial charge is 0.229 e. The van der Waals surface area contributed by atoms with Gasteiger partial charge >= 0.3 is 0 Å². The number of anilines is 5. The maximum absolute atomic E-state index is 13.4. The van der Waals surface area contributed by atoms with Gasteiger partial charge in [0.05, 0.1) is 36.4 Å². The van der Waals surface area contributed by atoms with Crippen molar-refractivity contribution < 1.29 is 9.30 Å². The molecule has 0 amide bonds. The summed E-state index contributed by atoms with van der Waals surface area (Å²) < 4.78 is 19.2. The third-order valence-corrected chi connectivity index (χ3v) is 9.68. The number of rotatable bonds is 9. The number of benzene rings is 2. The number of hydrogen-bond donors (Lipinski definition) is 2. The van der Waals surface area contributed by atoms with Crippen molar-refractivity contribution in [2.45, 2.75) is 32.2 Å². The molecule has 9 nitrogen and oxygen atoms in total. The van der Waals surface area contributed by atoms with E-state index in [1.807, 2.05) is 24.3 Å². The van der Waals surface area contributed by atoms with Crippen LogP contribution in [0.5, 0.6) is 5.75 Å². The number of nitrogens with one attached hydrogen (secondary N) is 2. The first kappa shape index (κ1) is 30.1. The first-order valence-corrected chi connectivity index (χ1v) is 17.2. The van der Waals surface area contributed by atoms with E-state index in [0.29, 0.717) is 39.6 Å². The number of fused-ring (bicyclic) bond motifs is 1. The molecule has 4 aromatic rings. The molecule has 1 fully saturated rings. The van der Waals surface area contributed by atoms with E-state index in [2.05, 4.69) is 68.5 Å². The van der Waals surface area contributed by atoms with Crippen LogP contribution in [0.2, 0.25) is 5.02 Å². The summed E-state index contributed by atoms with van der Waals surface area (Å²) in [5, 5.41) is 8.49. The lowest BCUT2D eigenvalue weighted by Gasteiger charge is -2.37. The van der Waals surface area contributed by atoms with E-state index in [1.54, 1.807) is 32.8 Å². The summed E-state index contributed by atoms with van der Waals surface area (Å²) >= 11 is 6.54. The van der Waals surface area contributed by atoms with Gasteiger partial charge in [-0.15, -0.1) is 0 Å². The zero-order chi connectivity index (χ0) is 30.0. The molecule has 2 aromatic carbocycles. The largest absolute Gasteiger partial charge is 0.494 e. The van der Waals surface area contributed by atoms with Crippen molar-refractivity contribution in [3.8, 4) is 5.75 Å². The number of piperidine rings is 1. The number of para-hydroxylation sites is 1. The van der Waals surface area contributed by atoms with Gasteiger partial charge in [-0.2, -0.15) is 4.98 Å². The van der Waals surface area contributed by atoms with Gasteiger partial charge in [0.25, 0.3) is 0 Å². The Hall–Kier alpha value is -3.39. The van der Waals surface area contributed by atoms with Gasteiger partial charge in [0, 0.05) is 41.6 Å². The monoisotopic (exact) mass is 607 g/mol. The standard InChI is InChI=1S/C31H39ClN7O2P/c1-7-20-16-25(28(41-4)17-27(20)39-14-12-21(13-15-39)38(2)3)36-31-34-18-23(32)30(37-31)35-26-19-33-24-11-9-8-10-22(24)29(26)42(5,6)40/h8-11,16-19,21H,7,12-15H2,1-6H3,(H2,34,35,36,37). The summed E-state index contributed by atoms with van der Waals surface area (Å²) in [7, 11) is 3.29. The molecule has 42 heavy (non-hydrogen) atoms. The number of pyridine rings is 1. The summed E-state index contributed by atoms with van der Waals surface area (Å²) in [5.74, 6) is 1.45. The van der Waals surface area contributed by atoms with Gasteiger partial charge in [-0.3, -0.25) is 4.98 Å². The number of nitrogens with zero attached hydrogens (tertiary/aromatic N) is 5. The zero-order valence-corrected chi connectivity index (χ0v) is 26.8. The Morgan fingerprint density at radius 3 is 2.48 bits per heavy atom. The molecule has 0 saturated carbocycles. The molecular weight excluding hydrogens is 569 g/mol. The van der Waals surface area contributed by atoms with Crippen LogP contribution in [0.3, 0.4) is 0 Å². The van der Waals surface area contributed by atoms with Gasteiger partial charge in [-0.1, -0.05) is 36.7 Å². The number of aromatic nitrogens is 3. The maximum Gasteiger partial charge on any atom is 0.229 e. The normalized spacial score (nSPS) is 14.4. The summed E-state index contributed by atoms with van der Waals surface area (Å²) in [6, 6.07) is 12.5. The van der Waals surface area contributed by atoms with Crippen LogP contribution in [-0.4, -0.2) is 73.5 Å². The zero-order valence-electron chi connectivity index (χ0n) is 25.1. The Morgan fingerprint density at radius 2 is 1.81 bits per heavy atom. The van der Waals surface area contributed by atoms with Crippen LogP contribution in [0, 0.1) is 0 Å². The van der Waals surface area contributed by atoms with Crippen molar-refractivity contribution in [2.75, 3.05) is 63.2 Å². The molecule has 5 rings (SSSR count). The van der Waals surface area contributed by atoms with Gasteiger partial charge in [-0.25, -0.2) is 4.98 Å². The van der Waals surface area contributed by atoms with Crippen molar-refractivity contribution in [1.82, 2.24) is 19.9 Å². The van der Waals surface area contributed by atoms with Gasteiger partial charge < -0.3 is 29.7 Å². The summed E-state index contributed by atoms with van der Waals surface area (Å²) in [6.07, 6.45) is 6.36. The fourth-order valence-corrected chi connectivity index (χ4v) is 7.24. The maximum atomic E-state index is 13.4. The van der Waals surface area contributed by atoms with Crippen LogP contribution in [0.4, 0.5) is 28.8 Å². The van der Waals surface area contributed by atoms with Crippen LogP contribution < -0.4 is 25.6 Å². The molecule has 2 aromatic heterocycles. The second-order valence-corrected chi connectivity index (χ2v) is 14.8. The Balaban J connectivity index is 1.44. The van der Waals surface area contributed by atoms with Crippen molar-refractivity contribution in [3.63, 3.8) is 0 Å². The third kappa shape index (κ3) is 6.33. The Labute approximate surface area is 253 Å². The van der Waals surface area contributed by atoms with Crippen LogP contribution in [0.1, 0.15) is 25.3 Å². The Morgan fingerprint density at radius 1 is 1.07 bits per heavy atom. The first-order valence-electron chi connectivity index (χ1n) is 14.2. The van der Waals surface area contributed by atoms with E-state index in [-0.39, 0.29) is 0 Å². The number of methoxy groups -OCH3 is 1. The number of hydrogen-bond acceptors (Lipinski definition) is 9. The fraction of sp³-hybridized carbons (Fsp3) is 0.387. The molecule has 1 aliphatic rings. The van der Waals surface area contributed by atoms with Crippen molar-refractivity contribution in [2.24, 2.45) is 0 Å². The topological polar surface area (TPSA) is 95.5 Å². The van der Waals surface area contributed by atoms with E-state index in [4.69, 9.17) is 16.3 Å². The minimum absolute atomic E-state index is 0.333. The van der Waals surface area contributed by atoms with Crippen molar-refractivity contribution in [1.29, 1.82) is 0 Å². The molecule has 3 heterocycles. The van der Waals surface area contributed by atoms with E-state index < -0.39 is 7.14 Å². The molecule has 0 spiro atoms. The molecule has 11 heteroatoms. The highest BCUT2D eigenvalue weighted by atomic mass is 35.5. The second kappa shape index (κ2) is 12.5. The van der Waals surface area contributed by atoms with Crippen LogP contribution >= 0.6 is 18.7 Å². The predicted molar refractivity (Wildman–Crippen MR) is 176 cm³/mol. The molecule has 0 unspecified atom stereocenters. The summed E-state index contributed by atoms with van der Waals surface area (Å²) in [4.78, 5) is 18.5. The number of aryl methyl sites for hydroxylation is 1. The lowest BCUT2D eigenvalue weighted by atomic mass is 10.0. The third-order valence-electron chi connectivity index (χ3n) is 7.85. The molecule has 0 aliphatic carbocycles. The SMILES string of the molecule is CCc1cc(Nc2ncc(Cl)c(Nc3cnc4ccccc4c3P(C)(C)=O)n2)c(OC)cc1N1CCC(N(C)C)CC1. The minimum atomic E-state index is -2.69. The first-order chi connectivity index (χ1) is 20.1. The van der Waals surface area contributed by atoms with Gasteiger partial charge in [0.1, 0.15) is 17.9 Å². The Bertz CT molecular complexity index is 1630. The lowest BCUT2D eigenvalue weighted by Crippen LogP contribution is -2.42. The highest BCUT2D eigenvalue weighted by Crippen LogP contribution is 2.42. The molecule has 0 bridgehead atoms. The fourth-order valence-electron chi connectivity index (χ4n) is 5.64. The molecule has 1 saturated heterocycles. The summed E-state index contributed by atoms with van der Waals surface area (Å²) in [5.41, 5.74) is 4.58. The highest BCUT2D eigenvalue weighted by Gasteiger charge is 2.24.